The Labute approximate surface area is 166 Å². The first-order valence-electron chi connectivity index (χ1n) is 7.90. The third-order valence-electron chi connectivity index (χ3n) is 3.70. The molecule has 2 heterocycles. The van der Waals surface area contributed by atoms with Crippen LogP contribution in [0.4, 0.5) is 4.79 Å². The topological polar surface area (TPSA) is 126 Å². The predicted octanol–water partition coefficient (Wildman–Crippen LogP) is 2.17. The number of barbiturate groups is 1. The zero-order valence-corrected chi connectivity index (χ0v) is 15.8. The summed E-state index contributed by atoms with van der Waals surface area (Å²) in [7, 11) is 0. The molecule has 3 rings (SSSR count). The van der Waals surface area contributed by atoms with Crippen LogP contribution in [0, 0.1) is 0 Å². The molecule has 1 fully saturated rings. The number of imide groups is 2. The van der Waals surface area contributed by atoms with Gasteiger partial charge in [-0.3, -0.25) is 19.8 Å². The van der Waals surface area contributed by atoms with E-state index in [0.717, 1.165) is 4.90 Å². The van der Waals surface area contributed by atoms with Crippen molar-refractivity contribution in [3.8, 4) is 5.75 Å². The number of hydrogen-bond acceptors (Lipinski definition) is 6. The van der Waals surface area contributed by atoms with E-state index in [-0.39, 0.29) is 12.1 Å². The van der Waals surface area contributed by atoms with Gasteiger partial charge in [-0.15, -0.1) is 0 Å². The highest BCUT2D eigenvalue weighted by atomic mass is 79.9. The molecule has 2 aromatic rings. The predicted molar refractivity (Wildman–Crippen MR) is 98.0 cm³/mol. The average Bonchev–Trinajstić information content (AvgIpc) is 3.14. The molecule has 1 aliphatic rings. The SMILES string of the molecule is O=C(O)COc1ccc(C=C2C(=O)NC(=O)N(Cc3ccco3)C2=O)cc1Br. The maximum atomic E-state index is 12.6. The minimum absolute atomic E-state index is 0.117. The summed E-state index contributed by atoms with van der Waals surface area (Å²) in [4.78, 5) is 48.2. The molecule has 10 heteroatoms. The Balaban J connectivity index is 1.84. The van der Waals surface area contributed by atoms with Crippen molar-refractivity contribution in [1.29, 1.82) is 0 Å². The summed E-state index contributed by atoms with van der Waals surface area (Å²) in [5, 5.41) is 10.8. The Bertz CT molecular complexity index is 982. The van der Waals surface area contributed by atoms with Crippen LogP contribution in [0.25, 0.3) is 6.08 Å². The van der Waals surface area contributed by atoms with Crippen LogP contribution in [0.15, 0.2) is 51.1 Å². The van der Waals surface area contributed by atoms with Crippen molar-refractivity contribution in [3.63, 3.8) is 0 Å². The molecule has 1 aromatic heterocycles. The number of carboxylic acids is 1. The minimum atomic E-state index is -1.12. The van der Waals surface area contributed by atoms with Crippen molar-refractivity contribution in [2.24, 2.45) is 0 Å². The van der Waals surface area contributed by atoms with Crippen molar-refractivity contribution in [2.45, 2.75) is 6.54 Å². The number of urea groups is 1. The Morgan fingerprint density at radius 1 is 1.29 bits per heavy atom. The average molecular weight is 449 g/mol. The third-order valence-corrected chi connectivity index (χ3v) is 4.32. The van der Waals surface area contributed by atoms with Crippen LogP contribution in [0.2, 0.25) is 0 Å². The number of nitrogens with one attached hydrogen (secondary N) is 1. The lowest BCUT2D eigenvalue weighted by Gasteiger charge is -2.25. The van der Waals surface area contributed by atoms with E-state index in [4.69, 9.17) is 14.3 Å². The molecular weight excluding hydrogens is 436 g/mol. The van der Waals surface area contributed by atoms with Gasteiger partial charge in [-0.1, -0.05) is 6.07 Å². The number of carbonyl (C=O) groups is 4. The summed E-state index contributed by atoms with van der Waals surface area (Å²) in [6.07, 6.45) is 2.74. The van der Waals surface area contributed by atoms with E-state index in [1.807, 2.05) is 0 Å². The second kappa shape index (κ2) is 8.09. The van der Waals surface area contributed by atoms with Gasteiger partial charge in [0, 0.05) is 0 Å². The zero-order valence-electron chi connectivity index (χ0n) is 14.2. The number of ether oxygens (including phenoxy) is 1. The number of benzene rings is 1. The fraction of sp³-hybridized carbons (Fsp3) is 0.111. The van der Waals surface area contributed by atoms with Gasteiger partial charge in [-0.05, 0) is 51.8 Å². The lowest BCUT2D eigenvalue weighted by atomic mass is 10.1. The molecule has 1 saturated heterocycles. The second-order valence-electron chi connectivity index (χ2n) is 5.66. The minimum Gasteiger partial charge on any atom is -0.481 e. The molecule has 0 aliphatic carbocycles. The van der Waals surface area contributed by atoms with Gasteiger partial charge in [0.25, 0.3) is 11.8 Å². The van der Waals surface area contributed by atoms with E-state index in [1.165, 1.54) is 18.4 Å². The Hall–Kier alpha value is -3.40. The second-order valence-corrected chi connectivity index (χ2v) is 6.51. The van der Waals surface area contributed by atoms with E-state index >= 15 is 0 Å². The molecule has 0 saturated carbocycles. The molecule has 4 amide bonds. The first-order valence-corrected chi connectivity index (χ1v) is 8.70. The highest BCUT2D eigenvalue weighted by molar-refractivity contribution is 9.10. The van der Waals surface area contributed by atoms with Crippen LogP contribution in [-0.4, -0.2) is 40.4 Å². The lowest BCUT2D eigenvalue weighted by Crippen LogP contribution is -2.53. The van der Waals surface area contributed by atoms with Crippen molar-refractivity contribution in [3.05, 3.63) is 58.0 Å². The molecule has 0 unspecified atom stereocenters. The fourth-order valence-corrected chi connectivity index (χ4v) is 2.94. The number of hydrogen-bond donors (Lipinski definition) is 2. The molecule has 144 valence electrons. The summed E-state index contributed by atoms with van der Waals surface area (Å²) in [6, 6.07) is 6.99. The number of halogens is 1. The van der Waals surface area contributed by atoms with Gasteiger partial charge < -0.3 is 14.3 Å². The first-order chi connectivity index (χ1) is 13.3. The van der Waals surface area contributed by atoms with Gasteiger partial charge in [-0.25, -0.2) is 9.59 Å². The standard InChI is InChI=1S/C18H13BrN2O7/c19-13-7-10(3-4-14(13)28-9-15(22)23)6-12-16(24)20-18(26)21(17(12)25)8-11-2-1-5-27-11/h1-7H,8-9H2,(H,22,23)(H,20,24,26). The molecule has 1 aromatic carbocycles. The van der Waals surface area contributed by atoms with Crippen LogP contribution in [0.5, 0.6) is 5.75 Å². The number of carboxylic acid groups (broad SMARTS) is 1. The Morgan fingerprint density at radius 3 is 2.71 bits per heavy atom. The molecule has 0 spiro atoms. The number of rotatable bonds is 6. The number of amides is 4. The molecule has 0 radical (unpaired) electrons. The zero-order chi connectivity index (χ0) is 20.3. The van der Waals surface area contributed by atoms with Gasteiger partial charge in [-0.2, -0.15) is 0 Å². The fourth-order valence-electron chi connectivity index (χ4n) is 2.43. The van der Waals surface area contributed by atoms with Crippen molar-refractivity contribution in [1.82, 2.24) is 10.2 Å². The quantitative estimate of drug-likeness (QED) is 0.511. The molecule has 9 nitrogen and oxygen atoms in total. The monoisotopic (exact) mass is 448 g/mol. The maximum absolute atomic E-state index is 12.6. The number of furan rings is 1. The molecular formula is C18H13BrN2O7. The smallest absolute Gasteiger partial charge is 0.341 e. The maximum Gasteiger partial charge on any atom is 0.341 e. The van der Waals surface area contributed by atoms with Crippen molar-refractivity contribution < 1.29 is 33.4 Å². The third kappa shape index (κ3) is 4.29. The lowest BCUT2D eigenvalue weighted by molar-refractivity contribution is -0.139. The Kier molecular flexibility index (Phi) is 5.59. The molecule has 2 N–H and O–H groups in total. The summed E-state index contributed by atoms with van der Waals surface area (Å²) in [5.74, 6) is -2.01. The van der Waals surface area contributed by atoms with Crippen LogP contribution in [0.1, 0.15) is 11.3 Å². The van der Waals surface area contributed by atoms with Gasteiger partial charge >= 0.3 is 12.0 Å². The van der Waals surface area contributed by atoms with Crippen molar-refractivity contribution >= 4 is 45.8 Å². The van der Waals surface area contributed by atoms with E-state index < -0.39 is 30.4 Å². The highest BCUT2D eigenvalue weighted by Gasteiger charge is 2.36. The highest BCUT2D eigenvalue weighted by Crippen LogP contribution is 2.27. The molecule has 0 atom stereocenters. The van der Waals surface area contributed by atoms with Crippen molar-refractivity contribution in [2.75, 3.05) is 6.61 Å². The summed E-state index contributed by atoms with van der Waals surface area (Å²) in [5.41, 5.74) is 0.248. The Morgan fingerprint density at radius 2 is 2.07 bits per heavy atom. The molecule has 28 heavy (non-hydrogen) atoms. The molecule has 1 aliphatic heterocycles. The van der Waals surface area contributed by atoms with Crippen LogP contribution < -0.4 is 10.1 Å². The number of aliphatic carboxylic acids is 1. The van der Waals surface area contributed by atoms with Gasteiger partial charge in [0.1, 0.15) is 17.1 Å². The summed E-state index contributed by atoms with van der Waals surface area (Å²) >= 11 is 3.24. The van der Waals surface area contributed by atoms with Crippen LogP contribution in [-0.2, 0) is 20.9 Å². The van der Waals surface area contributed by atoms with Gasteiger partial charge in [0.15, 0.2) is 6.61 Å². The summed E-state index contributed by atoms with van der Waals surface area (Å²) in [6.45, 7) is -0.627. The normalized spacial score (nSPS) is 15.7. The molecule has 0 bridgehead atoms. The van der Waals surface area contributed by atoms with Crippen LogP contribution >= 0.6 is 15.9 Å². The van der Waals surface area contributed by atoms with E-state index in [2.05, 4.69) is 21.2 Å². The number of carbonyl (C=O) groups excluding carboxylic acids is 3. The first kappa shape index (κ1) is 19.4. The van der Waals surface area contributed by atoms with E-state index in [0.29, 0.717) is 21.5 Å². The van der Waals surface area contributed by atoms with Crippen LogP contribution in [0.3, 0.4) is 0 Å². The van der Waals surface area contributed by atoms with E-state index in [1.54, 1.807) is 24.3 Å². The van der Waals surface area contributed by atoms with Gasteiger partial charge in [0.05, 0.1) is 17.3 Å². The van der Waals surface area contributed by atoms with Gasteiger partial charge in [0.2, 0.25) is 0 Å². The number of nitrogens with zero attached hydrogens (tertiary/aromatic N) is 1. The van der Waals surface area contributed by atoms with E-state index in [9.17, 15) is 19.2 Å². The summed E-state index contributed by atoms with van der Waals surface area (Å²) < 4.78 is 10.7. The largest absolute Gasteiger partial charge is 0.481 e.